The molecule has 0 amide bonds. The second-order valence-corrected chi connectivity index (χ2v) is 7.47. The zero-order valence-electron chi connectivity index (χ0n) is 15.5. The lowest BCUT2D eigenvalue weighted by atomic mass is 10.1. The highest BCUT2D eigenvalue weighted by Gasteiger charge is 2.16. The lowest BCUT2D eigenvalue weighted by Crippen LogP contribution is -2.25. The molecule has 1 N–H and O–H groups in total. The minimum absolute atomic E-state index is 0. The summed E-state index contributed by atoms with van der Waals surface area (Å²) >= 11 is 3.61. The van der Waals surface area contributed by atoms with Crippen molar-refractivity contribution in [3.05, 3.63) is 57.8 Å². The summed E-state index contributed by atoms with van der Waals surface area (Å²) in [5, 5.41) is 3.62. The van der Waals surface area contributed by atoms with Gasteiger partial charge < -0.3 is 14.8 Å². The van der Waals surface area contributed by atoms with E-state index in [4.69, 9.17) is 9.47 Å². The van der Waals surface area contributed by atoms with Crippen LogP contribution in [0.15, 0.2) is 40.9 Å². The fourth-order valence-electron chi connectivity index (χ4n) is 3.25. The van der Waals surface area contributed by atoms with Gasteiger partial charge in [-0.05, 0) is 71.1 Å². The predicted molar refractivity (Wildman–Crippen MR) is 112 cm³/mol. The van der Waals surface area contributed by atoms with Gasteiger partial charge in [-0.15, -0.1) is 12.4 Å². The molecule has 6 heteroatoms. The first-order valence-corrected chi connectivity index (χ1v) is 10.0. The largest absolute Gasteiger partial charge is 0.490 e. The second-order valence-electron chi connectivity index (χ2n) is 6.62. The molecule has 0 spiro atoms. The van der Waals surface area contributed by atoms with Crippen molar-refractivity contribution in [1.29, 1.82) is 0 Å². The molecule has 0 unspecified atom stereocenters. The summed E-state index contributed by atoms with van der Waals surface area (Å²) in [6.07, 6.45) is 5.17. The Bertz CT molecular complexity index is 721. The molecule has 0 aliphatic heterocycles. The van der Waals surface area contributed by atoms with E-state index in [0.29, 0.717) is 25.0 Å². The zero-order chi connectivity index (χ0) is 18.4. The molecular formula is C21H26BrClFNO2. The molecule has 1 saturated carbocycles. The van der Waals surface area contributed by atoms with Gasteiger partial charge in [-0.2, -0.15) is 0 Å². The first-order chi connectivity index (χ1) is 12.7. The Balaban J connectivity index is 0.00000261. The van der Waals surface area contributed by atoms with E-state index in [1.54, 1.807) is 12.1 Å². The van der Waals surface area contributed by atoms with Gasteiger partial charge in [0.2, 0.25) is 0 Å². The molecule has 3 nitrogen and oxygen atoms in total. The summed E-state index contributed by atoms with van der Waals surface area (Å²) in [5.74, 6) is 1.16. The molecule has 0 aromatic heterocycles. The van der Waals surface area contributed by atoms with Crippen molar-refractivity contribution < 1.29 is 13.9 Å². The van der Waals surface area contributed by atoms with Gasteiger partial charge in [-0.1, -0.05) is 25.0 Å². The molecular weight excluding hydrogens is 433 g/mol. The van der Waals surface area contributed by atoms with E-state index >= 15 is 0 Å². The third-order valence-electron chi connectivity index (χ3n) is 4.62. The summed E-state index contributed by atoms with van der Waals surface area (Å²) in [6, 6.07) is 11.1. The number of rotatable bonds is 8. The van der Waals surface area contributed by atoms with E-state index in [0.717, 1.165) is 22.3 Å². The van der Waals surface area contributed by atoms with Crippen molar-refractivity contribution in [3.8, 4) is 11.5 Å². The van der Waals surface area contributed by atoms with Crippen LogP contribution in [0.2, 0.25) is 0 Å². The summed E-state index contributed by atoms with van der Waals surface area (Å²) in [5.41, 5.74) is 2.08. The molecule has 0 saturated heterocycles. The molecule has 27 heavy (non-hydrogen) atoms. The SMILES string of the molecule is CCOc1cc(CNC2CCCC2)cc(Br)c1OCc1ccc(F)cc1.Cl. The lowest BCUT2D eigenvalue weighted by Gasteiger charge is -2.17. The molecule has 3 rings (SSSR count). The van der Waals surface area contributed by atoms with Gasteiger partial charge in [0.25, 0.3) is 0 Å². The van der Waals surface area contributed by atoms with Crippen molar-refractivity contribution >= 4 is 28.3 Å². The molecule has 148 valence electrons. The predicted octanol–water partition coefficient (Wildman–Crippen LogP) is 6.02. The van der Waals surface area contributed by atoms with Crippen molar-refractivity contribution in [2.24, 2.45) is 0 Å². The maximum atomic E-state index is 13.0. The molecule has 1 aliphatic carbocycles. The zero-order valence-corrected chi connectivity index (χ0v) is 17.9. The number of nitrogens with one attached hydrogen (secondary N) is 1. The van der Waals surface area contributed by atoms with E-state index in [1.807, 2.05) is 13.0 Å². The Labute approximate surface area is 175 Å². The number of hydrogen-bond donors (Lipinski definition) is 1. The Kier molecular flexibility index (Phi) is 8.87. The van der Waals surface area contributed by atoms with Crippen LogP contribution in [0.1, 0.15) is 43.7 Å². The number of hydrogen-bond acceptors (Lipinski definition) is 3. The van der Waals surface area contributed by atoms with Crippen molar-refractivity contribution in [3.63, 3.8) is 0 Å². The van der Waals surface area contributed by atoms with Gasteiger partial charge in [0, 0.05) is 12.6 Å². The van der Waals surface area contributed by atoms with Crippen LogP contribution in [0.5, 0.6) is 11.5 Å². The highest BCUT2D eigenvalue weighted by Crippen LogP contribution is 2.37. The third-order valence-corrected chi connectivity index (χ3v) is 5.20. The first-order valence-electron chi connectivity index (χ1n) is 9.21. The Morgan fingerprint density at radius 1 is 1.07 bits per heavy atom. The van der Waals surface area contributed by atoms with Crippen LogP contribution in [0.4, 0.5) is 4.39 Å². The van der Waals surface area contributed by atoms with Crippen molar-refractivity contribution in [2.75, 3.05) is 6.61 Å². The van der Waals surface area contributed by atoms with E-state index in [-0.39, 0.29) is 18.2 Å². The van der Waals surface area contributed by atoms with Crippen molar-refractivity contribution in [2.45, 2.75) is 51.8 Å². The molecule has 0 heterocycles. The number of ether oxygens (including phenoxy) is 2. The van der Waals surface area contributed by atoms with Crippen LogP contribution < -0.4 is 14.8 Å². The van der Waals surface area contributed by atoms with Crippen LogP contribution in [-0.4, -0.2) is 12.6 Å². The van der Waals surface area contributed by atoms with Crippen LogP contribution in [-0.2, 0) is 13.2 Å². The number of benzene rings is 2. The lowest BCUT2D eigenvalue weighted by molar-refractivity contribution is 0.267. The Hall–Kier alpha value is -1.30. The second kappa shape index (κ2) is 10.9. The molecule has 0 bridgehead atoms. The van der Waals surface area contributed by atoms with E-state index in [2.05, 4.69) is 27.3 Å². The van der Waals surface area contributed by atoms with Crippen LogP contribution in [0.25, 0.3) is 0 Å². The highest BCUT2D eigenvalue weighted by atomic mass is 79.9. The Morgan fingerprint density at radius 3 is 2.44 bits per heavy atom. The first kappa shape index (κ1) is 22.0. The van der Waals surface area contributed by atoms with Gasteiger partial charge in [0.15, 0.2) is 11.5 Å². The fraction of sp³-hybridized carbons (Fsp3) is 0.429. The van der Waals surface area contributed by atoms with Gasteiger partial charge in [0.05, 0.1) is 11.1 Å². The summed E-state index contributed by atoms with van der Waals surface area (Å²) < 4.78 is 25.7. The van der Waals surface area contributed by atoms with Crippen LogP contribution in [0, 0.1) is 5.82 Å². The molecule has 2 aromatic carbocycles. The topological polar surface area (TPSA) is 30.5 Å². The number of halogens is 3. The van der Waals surface area contributed by atoms with Gasteiger partial charge >= 0.3 is 0 Å². The van der Waals surface area contributed by atoms with E-state index in [1.165, 1.54) is 43.4 Å². The van der Waals surface area contributed by atoms with E-state index < -0.39 is 0 Å². The smallest absolute Gasteiger partial charge is 0.175 e. The van der Waals surface area contributed by atoms with Crippen molar-refractivity contribution in [1.82, 2.24) is 5.32 Å². The van der Waals surface area contributed by atoms with Crippen LogP contribution in [0.3, 0.4) is 0 Å². The van der Waals surface area contributed by atoms with E-state index in [9.17, 15) is 4.39 Å². The normalized spacial score (nSPS) is 14.0. The summed E-state index contributed by atoms with van der Waals surface area (Å²) in [7, 11) is 0. The van der Waals surface area contributed by atoms with Gasteiger partial charge in [0.1, 0.15) is 12.4 Å². The average molecular weight is 459 g/mol. The molecule has 1 fully saturated rings. The molecule has 0 radical (unpaired) electrons. The summed E-state index contributed by atoms with van der Waals surface area (Å²) in [6.45, 7) is 3.71. The monoisotopic (exact) mass is 457 g/mol. The maximum Gasteiger partial charge on any atom is 0.175 e. The average Bonchev–Trinajstić information content (AvgIpc) is 3.14. The Morgan fingerprint density at radius 2 is 1.78 bits per heavy atom. The third kappa shape index (κ3) is 6.37. The molecule has 0 atom stereocenters. The summed E-state index contributed by atoms with van der Waals surface area (Å²) in [4.78, 5) is 0. The quantitative estimate of drug-likeness (QED) is 0.525. The minimum Gasteiger partial charge on any atom is -0.490 e. The highest BCUT2D eigenvalue weighted by molar-refractivity contribution is 9.10. The maximum absolute atomic E-state index is 13.0. The van der Waals surface area contributed by atoms with Gasteiger partial charge in [-0.25, -0.2) is 4.39 Å². The standard InChI is InChI=1S/C21H25BrFNO2.ClH/c1-2-25-20-12-16(13-24-18-5-3-4-6-18)11-19(22)21(20)26-14-15-7-9-17(23)10-8-15;/h7-12,18,24H,2-6,13-14H2,1H3;1H. The van der Waals surface area contributed by atoms with Crippen LogP contribution >= 0.6 is 28.3 Å². The minimum atomic E-state index is -0.246. The molecule has 2 aromatic rings. The molecule has 1 aliphatic rings. The fourth-order valence-corrected chi connectivity index (χ4v) is 3.86. The van der Waals surface area contributed by atoms with Gasteiger partial charge in [-0.3, -0.25) is 0 Å².